The number of alkyl halides is 3. The van der Waals surface area contributed by atoms with Gasteiger partial charge < -0.3 is 10.6 Å². The van der Waals surface area contributed by atoms with Crippen molar-refractivity contribution in [3.63, 3.8) is 0 Å². The minimum Gasteiger partial charge on any atom is -0.330 e. The predicted octanol–water partition coefficient (Wildman–Crippen LogP) is 2.28. The number of rotatable bonds is 5. The van der Waals surface area contributed by atoms with E-state index in [-0.39, 0.29) is 12.6 Å². The maximum absolute atomic E-state index is 12.6. The Labute approximate surface area is 115 Å². The Morgan fingerprint density at radius 2 is 1.90 bits per heavy atom. The van der Waals surface area contributed by atoms with Crippen LogP contribution in [0.1, 0.15) is 24.3 Å². The molecule has 1 aromatic carbocycles. The first-order chi connectivity index (χ1) is 9.42. The molecule has 3 nitrogen and oxygen atoms in total. The second-order valence-electron chi connectivity index (χ2n) is 5.01. The molecule has 1 saturated carbocycles. The van der Waals surface area contributed by atoms with E-state index in [4.69, 9.17) is 5.73 Å². The third-order valence-electron chi connectivity index (χ3n) is 3.36. The van der Waals surface area contributed by atoms with E-state index in [1.165, 1.54) is 0 Å². The molecule has 0 aromatic heterocycles. The Hall–Kier alpha value is -1.56. The van der Waals surface area contributed by atoms with Crippen molar-refractivity contribution in [3.8, 4) is 0 Å². The van der Waals surface area contributed by atoms with Crippen molar-refractivity contribution in [2.45, 2.75) is 31.0 Å². The van der Waals surface area contributed by atoms with Gasteiger partial charge in [0.2, 0.25) is 5.91 Å². The molecule has 0 radical (unpaired) electrons. The molecule has 1 aromatic rings. The number of amides is 1. The molecule has 0 spiro atoms. The van der Waals surface area contributed by atoms with E-state index in [0.29, 0.717) is 18.4 Å². The third kappa shape index (κ3) is 3.72. The van der Waals surface area contributed by atoms with Crippen molar-refractivity contribution < 1.29 is 18.0 Å². The van der Waals surface area contributed by atoms with Gasteiger partial charge in [0, 0.05) is 12.6 Å². The second kappa shape index (κ2) is 5.83. The van der Waals surface area contributed by atoms with Crippen molar-refractivity contribution >= 4 is 5.91 Å². The highest BCUT2D eigenvalue weighted by atomic mass is 19.4. The summed E-state index contributed by atoms with van der Waals surface area (Å²) in [5, 5.41) is 0. The molecule has 1 amide bonds. The van der Waals surface area contributed by atoms with Crippen LogP contribution in [0.15, 0.2) is 30.3 Å². The molecular formula is C14H17F3N2O. The Bertz CT molecular complexity index is 457. The third-order valence-corrected chi connectivity index (χ3v) is 3.36. The summed E-state index contributed by atoms with van der Waals surface area (Å²) in [4.78, 5) is 13.3. The fourth-order valence-corrected chi connectivity index (χ4v) is 2.23. The highest BCUT2D eigenvalue weighted by molar-refractivity contribution is 5.84. The number of hydrogen-bond acceptors (Lipinski definition) is 2. The summed E-state index contributed by atoms with van der Waals surface area (Å²) in [5.74, 6) is -1.24. The lowest BCUT2D eigenvalue weighted by Gasteiger charge is -2.28. The van der Waals surface area contributed by atoms with Crippen LogP contribution in [0.2, 0.25) is 0 Å². The molecule has 20 heavy (non-hydrogen) atoms. The van der Waals surface area contributed by atoms with Gasteiger partial charge in [-0.25, -0.2) is 0 Å². The van der Waals surface area contributed by atoms with Crippen LogP contribution in [0.4, 0.5) is 13.2 Å². The Morgan fingerprint density at radius 3 is 2.35 bits per heavy atom. The predicted molar refractivity (Wildman–Crippen MR) is 69.0 cm³/mol. The van der Waals surface area contributed by atoms with Crippen LogP contribution < -0.4 is 5.73 Å². The molecule has 0 bridgehead atoms. The molecule has 6 heteroatoms. The summed E-state index contributed by atoms with van der Waals surface area (Å²) in [5.41, 5.74) is 6.26. The first kappa shape index (κ1) is 14.8. The minimum atomic E-state index is -4.38. The molecule has 0 aliphatic heterocycles. The number of nitrogens with two attached hydrogens (primary N) is 1. The zero-order chi connectivity index (χ0) is 14.8. The fourth-order valence-electron chi connectivity index (χ4n) is 2.23. The standard InChI is InChI=1S/C14H17F3N2O/c15-14(16,17)9-19(11-6-7-11)13(20)12(8-18)10-4-2-1-3-5-10/h1-5,11-12H,6-9,18H2. The van der Waals surface area contributed by atoms with Gasteiger partial charge >= 0.3 is 6.18 Å². The van der Waals surface area contributed by atoms with Crippen molar-refractivity contribution in [3.05, 3.63) is 35.9 Å². The Morgan fingerprint density at radius 1 is 1.30 bits per heavy atom. The lowest BCUT2D eigenvalue weighted by atomic mass is 9.97. The van der Waals surface area contributed by atoms with E-state index in [2.05, 4.69) is 0 Å². The van der Waals surface area contributed by atoms with Gasteiger partial charge in [0.05, 0.1) is 5.92 Å². The smallest absolute Gasteiger partial charge is 0.330 e. The van der Waals surface area contributed by atoms with Gasteiger partial charge in [0.15, 0.2) is 0 Å². The molecule has 1 unspecified atom stereocenters. The lowest BCUT2D eigenvalue weighted by molar-refractivity contribution is -0.163. The zero-order valence-electron chi connectivity index (χ0n) is 10.9. The van der Waals surface area contributed by atoms with E-state index < -0.39 is 24.5 Å². The summed E-state index contributed by atoms with van der Waals surface area (Å²) in [6.07, 6.45) is -3.12. The molecular weight excluding hydrogens is 269 g/mol. The summed E-state index contributed by atoms with van der Waals surface area (Å²) >= 11 is 0. The van der Waals surface area contributed by atoms with Crippen LogP contribution >= 0.6 is 0 Å². The molecule has 0 heterocycles. The van der Waals surface area contributed by atoms with Crippen LogP contribution in [0.3, 0.4) is 0 Å². The van der Waals surface area contributed by atoms with E-state index in [0.717, 1.165) is 4.90 Å². The molecule has 110 valence electrons. The van der Waals surface area contributed by atoms with Gasteiger partial charge in [-0.05, 0) is 18.4 Å². The van der Waals surface area contributed by atoms with Crippen molar-refractivity contribution in [1.82, 2.24) is 4.90 Å². The topological polar surface area (TPSA) is 46.3 Å². The van der Waals surface area contributed by atoms with Crippen LogP contribution in [0, 0.1) is 0 Å². The number of carbonyl (C=O) groups excluding carboxylic acids is 1. The van der Waals surface area contributed by atoms with E-state index in [1.807, 2.05) is 0 Å². The first-order valence-electron chi connectivity index (χ1n) is 6.54. The molecule has 1 fully saturated rings. The molecule has 2 N–H and O–H groups in total. The fraction of sp³-hybridized carbons (Fsp3) is 0.500. The van der Waals surface area contributed by atoms with Gasteiger partial charge in [0.25, 0.3) is 0 Å². The second-order valence-corrected chi connectivity index (χ2v) is 5.01. The molecule has 0 saturated heterocycles. The number of halogens is 3. The van der Waals surface area contributed by atoms with Crippen LogP contribution in [-0.4, -0.2) is 36.1 Å². The van der Waals surface area contributed by atoms with Crippen LogP contribution in [0.25, 0.3) is 0 Å². The van der Waals surface area contributed by atoms with E-state index in [1.54, 1.807) is 30.3 Å². The quantitative estimate of drug-likeness (QED) is 0.902. The number of benzene rings is 1. The highest BCUT2D eigenvalue weighted by Gasteiger charge is 2.42. The van der Waals surface area contributed by atoms with Gasteiger partial charge in [-0.1, -0.05) is 30.3 Å². The zero-order valence-corrected chi connectivity index (χ0v) is 10.9. The maximum Gasteiger partial charge on any atom is 0.406 e. The Kier molecular flexibility index (Phi) is 4.32. The van der Waals surface area contributed by atoms with Gasteiger partial charge in [-0.15, -0.1) is 0 Å². The summed E-state index contributed by atoms with van der Waals surface area (Å²) in [7, 11) is 0. The number of nitrogens with zero attached hydrogens (tertiary/aromatic N) is 1. The molecule has 1 aliphatic carbocycles. The number of hydrogen-bond donors (Lipinski definition) is 1. The van der Waals surface area contributed by atoms with Crippen molar-refractivity contribution in [2.75, 3.05) is 13.1 Å². The average molecular weight is 286 g/mol. The van der Waals surface area contributed by atoms with E-state index in [9.17, 15) is 18.0 Å². The SMILES string of the molecule is NCC(C(=O)N(CC(F)(F)F)C1CC1)c1ccccc1. The maximum atomic E-state index is 12.6. The minimum absolute atomic E-state index is 0.00389. The van der Waals surface area contributed by atoms with Crippen molar-refractivity contribution in [1.29, 1.82) is 0 Å². The lowest BCUT2D eigenvalue weighted by Crippen LogP contribution is -2.44. The Balaban J connectivity index is 2.17. The van der Waals surface area contributed by atoms with Gasteiger partial charge in [0.1, 0.15) is 6.54 Å². The summed E-state index contributed by atoms with van der Waals surface area (Å²) in [6, 6.07) is 8.42. The van der Waals surface area contributed by atoms with Crippen molar-refractivity contribution in [2.24, 2.45) is 5.73 Å². The van der Waals surface area contributed by atoms with Gasteiger partial charge in [-0.2, -0.15) is 13.2 Å². The van der Waals surface area contributed by atoms with Crippen LogP contribution in [-0.2, 0) is 4.79 Å². The first-order valence-corrected chi connectivity index (χ1v) is 6.54. The average Bonchev–Trinajstić information content (AvgIpc) is 3.21. The number of carbonyl (C=O) groups is 1. The van der Waals surface area contributed by atoms with E-state index >= 15 is 0 Å². The molecule has 1 aliphatic rings. The normalized spacial score (nSPS) is 16.8. The largest absolute Gasteiger partial charge is 0.406 e. The molecule has 2 rings (SSSR count). The monoisotopic (exact) mass is 286 g/mol. The van der Waals surface area contributed by atoms with Gasteiger partial charge in [-0.3, -0.25) is 4.79 Å². The highest BCUT2D eigenvalue weighted by Crippen LogP contribution is 2.32. The summed E-state index contributed by atoms with van der Waals surface area (Å²) in [6.45, 7) is -1.19. The summed E-state index contributed by atoms with van der Waals surface area (Å²) < 4.78 is 37.8. The molecule has 1 atom stereocenters. The van der Waals surface area contributed by atoms with Crippen LogP contribution in [0.5, 0.6) is 0 Å².